The van der Waals surface area contributed by atoms with Crippen LogP contribution in [0.15, 0.2) is 24.3 Å². The largest absolute Gasteiger partial charge is 0.366 e. The van der Waals surface area contributed by atoms with Crippen LogP contribution >= 0.6 is 0 Å². The molecule has 1 aromatic carbocycles. The SMILES string of the molecule is CCCC1CN(c2cccc(C)c2)C(CC)CN1. The maximum absolute atomic E-state index is 3.69. The van der Waals surface area contributed by atoms with E-state index in [2.05, 4.69) is 55.3 Å². The van der Waals surface area contributed by atoms with Crippen LogP contribution in [0, 0.1) is 6.92 Å². The van der Waals surface area contributed by atoms with Gasteiger partial charge in [0.2, 0.25) is 0 Å². The summed E-state index contributed by atoms with van der Waals surface area (Å²) in [7, 11) is 0. The van der Waals surface area contributed by atoms with E-state index in [1.165, 1.54) is 30.5 Å². The molecule has 100 valence electrons. The summed E-state index contributed by atoms with van der Waals surface area (Å²) in [4.78, 5) is 2.60. The van der Waals surface area contributed by atoms with Crippen molar-refractivity contribution in [3.8, 4) is 0 Å². The van der Waals surface area contributed by atoms with Crippen molar-refractivity contribution in [3.63, 3.8) is 0 Å². The summed E-state index contributed by atoms with van der Waals surface area (Å²) in [5.74, 6) is 0. The number of nitrogens with zero attached hydrogens (tertiary/aromatic N) is 1. The standard InChI is InChI=1S/C16H26N2/c1-4-7-14-12-18(15(5-2)11-17-14)16-9-6-8-13(3)10-16/h6,8-10,14-15,17H,4-5,7,11-12H2,1-3H3. The van der Waals surface area contributed by atoms with Crippen molar-refractivity contribution in [1.82, 2.24) is 5.32 Å². The summed E-state index contributed by atoms with van der Waals surface area (Å²) in [5, 5.41) is 3.69. The number of hydrogen-bond donors (Lipinski definition) is 1. The van der Waals surface area contributed by atoms with Crippen LogP contribution in [0.5, 0.6) is 0 Å². The zero-order valence-corrected chi connectivity index (χ0v) is 11.9. The summed E-state index contributed by atoms with van der Waals surface area (Å²) in [5.41, 5.74) is 2.75. The first-order valence-corrected chi connectivity index (χ1v) is 7.31. The Morgan fingerprint density at radius 1 is 1.33 bits per heavy atom. The van der Waals surface area contributed by atoms with E-state index in [4.69, 9.17) is 0 Å². The van der Waals surface area contributed by atoms with Crippen LogP contribution in [0.25, 0.3) is 0 Å². The topological polar surface area (TPSA) is 15.3 Å². The van der Waals surface area contributed by atoms with E-state index in [0.29, 0.717) is 12.1 Å². The van der Waals surface area contributed by atoms with Crippen molar-refractivity contribution in [2.45, 2.75) is 52.1 Å². The Bertz CT molecular complexity index is 375. The Labute approximate surface area is 111 Å². The van der Waals surface area contributed by atoms with Gasteiger partial charge in [0.1, 0.15) is 0 Å². The molecular weight excluding hydrogens is 220 g/mol. The molecule has 0 amide bonds. The van der Waals surface area contributed by atoms with Gasteiger partial charge in [-0.3, -0.25) is 0 Å². The van der Waals surface area contributed by atoms with Gasteiger partial charge in [-0.25, -0.2) is 0 Å². The molecular formula is C16H26N2. The summed E-state index contributed by atoms with van der Waals surface area (Å²) in [6.45, 7) is 9.00. The summed E-state index contributed by atoms with van der Waals surface area (Å²) in [6.07, 6.45) is 3.74. The Kier molecular flexibility index (Phi) is 4.65. The Morgan fingerprint density at radius 3 is 2.83 bits per heavy atom. The van der Waals surface area contributed by atoms with Gasteiger partial charge in [-0.15, -0.1) is 0 Å². The predicted molar refractivity (Wildman–Crippen MR) is 79.3 cm³/mol. The van der Waals surface area contributed by atoms with E-state index in [0.717, 1.165) is 13.1 Å². The number of anilines is 1. The molecule has 1 aliphatic rings. The van der Waals surface area contributed by atoms with Crippen LogP contribution < -0.4 is 10.2 Å². The number of nitrogens with one attached hydrogen (secondary N) is 1. The fourth-order valence-electron chi connectivity index (χ4n) is 2.89. The molecule has 1 heterocycles. The van der Waals surface area contributed by atoms with Gasteiger partial charge >= 0.3 is 0 Å². The van der Waals surface area contributed by atoms with Gasteiger partial charge in [0.15, 0.2) is 0 Å². The lowest BCUT2D eigenvalue weighted by molar-refractivity contribution is 0.369. The third kappa shape index (κ3) is 3.05. The molecule has 2 nitrogen and oxygen atoms in total. The highest BCUT2D eigenvalue weighted by Crippen LogP contribution is 2.23. The lowest BCUT2D eigenvalue weighted by Crippen LogP contribution is -2.56. The number of piperazine rings is 1. The molecule has 2 rings (SSSR count). The van der Waals surface area contributed by atoms with Gasteiger partial charge in [-0.1, -0.05) is 32.4 Å². The number of hydrogen-bond acceptors (Lipinski definition) is 2. The minimum absolute atomic E-state index is 0.639. The quantitative estimate of drug-likeness (QED) is 0.876. The lowest BCUT2D eigenvalue weighted by atomic mass is 10.0. The number of rotatable bonds is 4. The second-order valence-corrected chi connectivity index (χ2v) is 5.45. The van der Waals surface area contributed by atoms with E-state index < -0.39 is 0 Å². The highest BCUT2D eigenvalue weighted by atomic mass is 15.2. The van der Waals surface area contributed by atoms with Crippen molar-refractivity contribution in [2.75, 3.05) is 18.0 Å². The third-order valence-corrected chi connectivity index (χ3v) is 3.94. The number of benzene rings is 1. The molecule has 0 aliphatic carbocycles. The van der Waals surface area contributed by atoms with E-state index in [1.54, 1.807) is 0 Å². The van der Waals surface area contributed by atoms with Gasteiger partial charge in [-0.05, 0) is 37.5 Å². The van der Waals surface area contributed by atoms with E-state index >= 15 is 0 Å². The van der Waals surface area contributed by atoms with Crippen molar-refractivity contribution in [2.24, 2.45) is 0 Å². The molecule has 2 heteroatoms. The van der Waals surface area contributed by atoms with Crippen LogP contribution in [-0.2, 0) is 0 Å². The zero-order chi connectivity index (χ0) is 13.0. The van der Waals surface area contributed by atoms with E-state index in [1.807, 2.05) is 0 Å². The summed E-state index contributed by atoms with van der Waals surface area (Å²) >= 11 is 0. The van der Waals surface area contributed by atoms with Gasteiger partial charge in [0, 0.05) is 30.9 Å². The van der Waals surface area contributed by atoms with Crippen molar-refractivity contribution in [1.29, 1.82) is 0 Å². The van der Waals surface area contributed by atoms with Gasteiger partial charge in [0.25, 0.3) is 0 Å². The Morgan fingerprint density at radius 2 is 2.17 bits per heavy atom. The average molecular weight is 246 g/mol. The first-order valence-electron chi connectivity index (χ1n) is 7.31. The fraction of sp³-hybridized carbons (Fsp3) is 0.625. The first kappa shape index (κ1) is 13.4. The first-order chi connectivity index (χ1) is 8.74. The van der Waals surface area contributed by atoms with E-state index in [9.17, 15) is 0 Å². The molecule has 0 saturated carbocycles. The highest BCUT2D eigenvalue weighted by Gasteiger charge is 2.26. The second kappa shape index (κ2) is 6.24. The Hall–Kier alpha value is -1.02. The third-order valence-electron chi connectivity index (χ3n) is 3.94. The van der Waals surface area contributed by atoms with Crippen molar-refractivity contribution >= 4 is 5.69 Å². The predicted octanol–water partition coefficient (Wildman–Crippen LogP) is 3.35. The van der Waals surface area contributed by atoms with Gasteiger partial charge in [-0.2, -0.15) is 0 Å². The molecule has 2 unspecified atom stereocenters. The van der Waals surface area contributed by atoms with Crippen LogP contribution in [0.4, 0.5) is 5.69 Å². The van der Waals surface area contributed by atoms with Crippen LogP contribution in [-0.4, -0.2) is 25.2 Å². The smallest absolute Gasteiger partial charge is 0.0412 e. The van der Waals surface area contributed by atoms with Crippen molar-refractivity contribution < 1.29 is 0 Å². The fourth-order valence-corrected chi connectivity index (χ4v) is 2.89. The molecule has 0 spiro atoms. The monoisotopic (exact) mass is 246 g/mol. The zero-order valence-electron chi connectivity index (χ0n) is 11.9. The summed E-state index contributed by atoms with van der Waals surface area (Å²) in [6, 6.07) is 10.2. The molecule has 0 radical (unpaired) electrons. The minimum atomic E-state index is 0.639. The minimum Gasteiger partial charge on any atom is -0.366 e. The van der Waals surface area contributed by atoms with Crippen LogP contribution in [0.3, 0.4) is 0 Å². The average Bonchev–Trinajstić information content (AvgIpc) is 2.39. The van der Waals surface area contributed by atoms with Crippen LogP contribution in [0.2, 0.25) is 0 Å². The molecule has 0 aromatic heterocycles. The molecule has 1 fully saturated rings. The van der Waals surface area contributed by atoms with Gasteiger partial charge in [0.05, 0.1) is 0 Å². The van der Waals surface area contributed by atoms with Crippen molar-refractivity contribution in [3.05, 3.63) is 29.8 Å². The maximum Gasteiger partial charge on any atom is 0.0412 e. The van der Waals surface area contributed by atoms with E-state index in [-0.39, 0.29) is 0 Å². The lowest BCUT2D eigenvalue weighted by Gasteiger charge is -2.42. The molecule has 0 bridgehead atoms. The highest BCUT2D eigenvalue weighted by molar-refractivity contribution is 5.50. The van der Waals surface area contributed by atoms with Gasteiger partial charge < -0.3 is 10.2 Å². The molecule has 1 aliphatic heterocycles. The van der Waals surface area contributed by atoms with Crippen LogP contribution in [0.1, 0.15) is 38.7 Å². The molecule has 1 N–H and O–H groups in total. The molecule has 18 heavy (non-hydrogen) atoms. The normalized spacial score (nSPS) is 24.3. The maximum atomic E-state index is 3.69. The molecule has 1 aromatic rings. The second-order valence-electron chi connectivity index (χ2n) is 5.45. The Balaban J connectivity index is 2.15. The molecule has 2 atom stereocenters. The summed E-state index contributed by atoms with van der Waals surface area (Å²) < 4.78 is 0. The number of aryl methyl sites for hydroxylation is 1. The molecule has 1 saturated heterocycles.